The van der Waals surface area contributed by atoms with E-state index in [1.807, 2.05) is 0 Å². The van der Waals surface area contributed by atoms with E-state index in [2.05, 4.69) is 5.32 Å². The van der Waals surface area contributed by atoms with Crippen molar-refractivity contribution in [1.82, 2.24) is 4.90 Å². The Bertz CT molecular complexity index is 469. The molecule has 96 valence electrons. The number of carbonyl (C=O) groups is 2. The molecule has 0 spiro atoms. The number of anilines is 1. The van der Waals surface area contributed by atoms with Gasteiger partial charge in [0, 0.05) is 24.8 Å². The number of hydrogen-bond donors (Lipinski definition) is 2. The summed E-state index contributed by atoms with van der Waals surface area (Å²) in [6, 6.07) is 6.70. The number of likely N-dealkylation sites (tertiary alicyclic amines) is 1. The fourth-order valence-corrected chi connectivity index (χ4v) is 1.70. The number of nitrogens with one attached hydrogen (secondary N) is 1. The second-order valence-corrected chi connectivity index (χ2v) is 4.10. The highest BCUT2D eigenvalue weighted by Crippen LogP contribution is 2.20. The van der Waals surface area contributed by atoms with Gasteiger partial charge in [0.2, 0.25) is 0 Å². The van der Waals surface area contributed by atoms with E-state index in [1.165, 1.54) is 4.90 Å². The molecule has 1 aromatic rings. The van der Waals surface area contributed by atoms with Crippen LogP contribution in [0.25, 0.3) is 0 Å². The lowest BCUT2D eigenvalue weighted by Gasteiger charge is -2.36. The van der Waals surface area contributed by atoms with Gasteiger partial charge in [-0.2, -0.15) is 0 Å². The van der Waals surface area contributed by atoms with Crippen molar-refractivity contribution in [2.24, 2.45) is 5.92 Å². The van der Waals surface area contributed by atoms with Gasteiger partial charge in [0.05, 0.1) is 13.0 Å². The van der Waals surface area contributed by atoms with Crippen LogP contribution in [0.2, 0.25) is 0 Å². The van der Waals surface area contributed by atoms with Crippen LogP contribution in [-0.4, -0.2) is 42.2 Å². The first kappa shape index (κ1) is 12.2. The number of amides is 2. The Kier molecular flexibility index (Phi) is 3.36. The Labute approximate surface area is 104 Å². The van der Waals surface area contributed by atoms with Crippen LogP contribution in [0.4, 0.5) is 10.5 Å². The highest BCUT2D eigenvalue weighted by atomic mass is 16.5. The SMILES string of the molecule is COc1cccc(NC(=O)N2CC(C(=O)O)C2)c1. The quantitative estimate of drug-likeness (QED) is 0.846. The van der Waals surface area contributed by atoms with Gasteiger partial charge < -0.3 is 20.1 Å². The highest BCUT2D eigenvalue weighted by Gasteiger charge is 2.35. The van der Waals surface area contributed by atoms with E-state index in [-0.39, 0.29) is 19.1 Å². The molecule has 0 aromatic heterocycles. The van der Waals surface area contributed by atoms with E-state index in [4.69, 9.17) is 9.84 Å². The topological polar surface area (TPSA) is 78.9 Å². The number of methoxy groups -OCH3 is 1. The molecule has 1 aliphatic heterocycles. The molecule has 1 saturated heterocycles. The standard InChI is InChI=1S/C12H14N2O4/c1-18-10-4-2-3-9(5-10)13-12(17)14-6-8(7-14)11(15)16/h2-5,8H,6-7H2,1H3,(H,13,17)(H,15,16). The maximum Gasteiger partial charge on any atom is 0.321 e. The van der Waals surface area contributed by atoms with Crippen molar-refractivity contribution in [2.45, 2.75) is 0 Å². The first-order valence-corrected chi connectivity index (χ1v) is 5.53. The minimum atomic E-state index is -0.861. The van der Waals surface area contributed by atoms with Crippen molar-refractivity contribution in [3.63, 3.8) is 0 Å². The van der Waals surface area contributed by atoms with E-state index >= 15 is 0 Å². The number of rotatable bonds is 3. The number of ether oxygens (including phenoxy) is 1. The van der Waals surface area contributed by atoms with Crippen LogP contribution in [-0.2, 0) is 4.79 Å². The van der Waals surface area contributed by atoms with Gasteiger partial charge in [0.1, 0.15) is 5.75 Å². The number of carboxylic acids is 1. The molecule has 1 heterocycles. The number of urea groups is 1. The highest BCUT2D eigenvalue weighted by molar-refractivity contribution is 5.91. The van der Waals surface area contributed by atoms with Gasteiger partial charge >= 0.3 is 12.0 Å². The smallest absolute Gasteiger partial charge is 0.321 e. The van der Waals surface area contributed by atoms with E-state index < -0.39 is 11.9 Å². The molecule has 0 bridgehead atoms. The maximum atomic E-state index is 11.7. The molecule has 0 aliphatic carbocycles. The van der Waals surface area contributed by atoms with Crippen molar-refractivity contribution in [2.75, 3.05) is 25.5 Å². The predicted octanol–water partition coefficient (Wildman–Crippen LogP) is 1.24. The summed E-state index contributed by atoms with van der Waals surface area (Å²) in [4.78, 5) is 23.8. The summed E-state index contributed by atoms with van der Waals surface area (Å²) in [7, 11) is 1.55. The van der Waals surface area contributed by atoms with Crippen LogP contribution in [0.15, 0.2) is 24.3 Å². The molecular weight excluding hydrogens is 236 g/mol. The average Bonchev–Trinajstić information content (AvgIpc) is 2.26. The first-order chi connectivity index (χ1) is 8.60. The lowest BCUT2D eigenvalue weighted by atomic mass is 10.0. The van der Waals surface area contributed by atoms with Crippen LogP contribution in [0, 0.1) is 5.92 Å². The number of carbonyl (C=O) groups excluding carboxylic acids is 1. The summed E-state index contributed by atoms with van der Waals surface area (Å²) in [6.45, 7) is 0.510. The molecule has 1 aliphatic rings. The van der Waals surface area contributed by atoms with E-state index in [9.17, 15) is 9.59 Å². The van der Waals surface area contributed by atoms with Crippen LogP contribution in [0.3, 0.4) is 0 Å². The maximum absolute atomic E-state index is 11.7. The van der Waals surface area contributed by atoms with Crippen LogP contribution >= 0.6 is 0 Å². The Morgan fingerprint density at radius 2 is 2.17 bits per heavy atom. The number of hydrogen-bond acceptors (Lipinski definition) is 3. The Morgan fingerprint density at radius 3 is 2.78 bits per heavy atom. The molecule has 0 radical (unpaired) electrons. The van der Waals surface area contributed by atoms with Crippen molar-refractivity contribution < 1.29 is 19.4 Å². The summed E-state index contributed by atoms with van der Waals surface area (Å²) in [5.41, 5.74) is 0.623. The zero-order valence-corrected chi connectivity index (χ0v) is 9.92. The number of nitrogens with zero attached hydrogens (tertiary/aromatic N) is 1. The molecule has 6 nitrogen and oxygen atoms in total. The van der Waals surface area contributed by atoms with Crippen molar-refractivity contribution in [3.05, 3.63) is 24.3 Å². The summed E-state index contributed by atoms with van der Waals surface area (Å²) in [5.74, 6) is -0.652. The Balaban J connectivity index is 1.90. The molecule has 2 N–H and O–H groups in total. The van der Waals surface area contributed by atoms with Gasteiger partial charge in [-0.3, -0.25) is 4.79 Å². The van der Waals surface area contributed by atoms with Crippen LogP contribution < -0.4 is 10.1 Å². The molecule has 2 rings (SSSR count). The molecule has 1 aromatic carbocycles. The molecule has 0 unspecified atom stereocenters. The van der Waals surface area contributed by atoms with Gasteiger partial charge in [0.15, 0.2) is 0 Å². The number of aliphatic carboxylic acids is 1. The predicted molar refractivity (Wildman–Crippen MR) is 64.7 cm³/mol. The molecule has 18 heavy (non-hydrogen) atoms. The summed E-state index contributed by atoms with van der Waals surface area (Å²) in [6.07, 6.45) is 0. The van der Waals surface area contributed by atoms with Gasteiger partial charge in [0.25, 0.3) is 0 Å². The monoisotopic (exact) mass is 250 g/mol. The fourth-order valence-electron chi connectivity index (χ4n) is 1.70. The normalized spacial score (nSPS) is 14.8. The first-order valence-electron chi connectivity index (χ1n) is 5.53. The van der Waals surface area contributed by atoms with E-state index in [0.717, 1.165) is 0 Å². The summed E-state index contributed by atoms with van der Waals surface area (Å²) >= 11 is 0. The lowest BCUT2D eigenvalue weighted by Crippen LogP contribution is -2.54. The third-order valence-electron chi connectivity index (χ3n) is 2.84. The molecular formula is C12H14N2O4. The van der Waals surface area contributed by atoms with Crippen molar-refractivity contribution in [3.8, 4) is 5.75 Å². The Morgan fingerprint density at radius 1 is 1.44 bits per heavy atom. The summed E-state index contributed by atoms with van der Waals surface area (Å²) < 4.78 is 5.04. The Hall–Kier alpha value is -2.24. The van der Waals surface area contributed by atoms with E-state index in [0.29, 0.717) is 11.4 Å². The van der Waals surface area contributed by atoms with Crippen LogP contribution in [0.1, 0.15) is 0 Å². The molecule has 0 atom stereocenters. The molecule has 6 heteroatoms. The van der Waals surface area contributed by atoms with Crippen LogP contribution in [0.5, 0.6) is 5.75 Å². The number of carboxylic acid groups (broad SMARTS) is 1. The molecule has 2 amide bonds. The van der Waals surface area contributed by atoms with Gasteiger partial charge in [-0.05, 0) is 12.1 Å². The second kappa shape index (κ2) is 4.95. The largest absolute Gasteiger partial charge is 0.497 e. The fraction of sp³-hybridized carbons (Fsp3) is 0.333. The van der Waals surface area contributed by atoms with Crippen molar-refractivity contribution >= 4 is 17.7 Å². The average molecular weight is 250 g/mol. The lowest BCUT2D eigenvalue weighted by molar-refractivity contribution is -0.145. The minimum absolute atomic E-state index is 0.255. The van der Waals surface area contributed by atoms with Gasteiger partial charge in [-0.25, -0.2) is 4.79 Å². The molecule has 1 fully saturated rings. The zero-order chi connectivity index (χ0) is 13.1. The van der Waals surface area contributed by atoms with E-state index in [1.54, 1.807) is 31.4 Å². The van der Waals surface area contributed by atoms with Crippen molar-refractivity contribution in [1.29, 1.82) is 0 Å². The second-order valence-electron chi connectivity index (χ2n) is 4.10. The molecule has 0 saturated carbocycles. The van der Waals surface area contributed by atoms with Gasteiger partial charge in [-0.1, -0.05) is 6.07 Å². The third kappa shape index (κ3) is 2.53. The number of benzene rings is 1. The van der Waals surface area contributed by atoms with Gasteiger partial charge in [-0.15, -0.1) is 0 Å². The third-order valence-corrected chi connectivity index (χ3v) is 2.84. The summed E-state index contributed by atoms with van der Waals surface area (Å²) in [5, 5.41) is 11.4. The minimum Gasteiger partial charge on any atom is -0.497 e. The zero-order valence-electron chi connectivity index (χ0n) is 9.92.